The van der Waals surface area contributed by atoms with Crippen molar-refractivity contribution in [1.29, 1.82) is 5.26 Å². The van der Waals surface area contributed by atoms with E-state index in [1.54, 1.807) is 23.5 Å². The number of thioether (sulfide) groups is 1. The number of benzene rings is 1. The van der Waals surface area contributed by atoms with Crippen molar-refractivity contribution >= 4 is 46.1 Å². The van der Waals surface area contributed by atoms with Gasteiger partial charge < -0.3 is 9.64 Å². The van der Waals surface area contributed by atoms with Gasteiger partial charge in [-0.2, -0.15) is 5.26 Å². The summed E-state index contributed by atoms with van der Waals surface area (Å²) in [6.07, 6.45) is 4.58. The Kier molecular flexibility index (Phi) is 7.63. The van der Waals surface area contributed by atoms with Gasteiger partial charge in [-0.25, -0.2) is 0 Å². The van der Waals surface area contributed by atoms with E-state index in [2.05, 4.69) is 11.0 Å². The first-order valence-corrected chi connectivity index (χ1v) is 12.9. The number of methoxy groups -OCH3 is 1. The third-order valence-corrected chi connectivity index (χ3v) is 7.88. The number of pyridine rings is 1. The summed E-state index contributed by atoms with van der Waals surface area (Å²) >= 11 is 6.82. The molecule has 0 unspecified atom stereocenters. The van der Waals surface area contributed by atoms with Gasteiger partial charge in [-0.3, -0.25) is 19.1 Å². The van der Waals surface area contributed by atoms with Gasteiger partial charge in [-0.15, -0.1) is 0 Å². The lowest BCUT2D eigenvalue weighted by Gasteiger charge is -2.26. The molecular formula is C26H28N4O3S2. The molecule has 0 N–H and O–H groups in total. The Labute approximate surface area is 215 Å². The lowest BCUT2D eigenvalue weighted by Crippen LogP contribution is -2.33. The van der Waals surface area contributed by atoms with Crippen LogP contribution in [-0.4, -0.2) is 46.4 Å². The molecular weight excluding hydrogens is 480 g/mol. The molecule has 0 spiro atoms. The molecule has 3 heterocycles. The Balaban J connectivity index is 1.68. The molecule has 2 aliphatic heterocycles. The average molecular weight is 509 g/mol. The quantitative estimate of drug-likeness (QED) is 0.412. The van der Waals surface area contributed by atoms with E-state index in [1.165, 1.54) is 11.8 Å². The predicted octanol–water partition coefficient (Wildman–Crippen LogP) is 4.10. The Morgan fingerprint density at radius 1 is 1.20 bits per heavy atom. The van der Waals surface area contributed by atoms with Crippen molar-refractivity contribution in [2.24, 2.45) is 0 Å². The second kappa shape index (κ2) is 10.7. The zero-order valence-corrected chi connectivity index (χ0v) is 21.8. The van der Waals surface area contributed by atoms with Gasteiger partial charge in [-0.1, -0.05) is 36.1 Å². The molecule has 0 atom stereocenters. The van der Waals surface area contributed by atoms with Crippen molar-refractivity contribution in [2.45, 2.75) is 39.7 Å². The summed E-state index contributed by atoms with van der Waals surface area (Å²) < 4.78 is 7.38. The molecule has 0 radical (unpaired) electrons. The number of nitrogens with zero attached hydrogens (tertiary/aromatic N) is 4. The van der Waals surface area contributed by atoms with Crippen LogP contribution in [0.1, 0.15) is 42.0 Å². The van der Waals surface area contributed by atoms with Crippen LogP contribution in [-0.2, 0) is 17.8 Å². The summed E-state index contributed by atoms with van der Waals surface area (Å²) in [7, 11) is 1.63. The number of amides is 1. The van der Waals surface area contributed by atoms with E-state index in [1.807, 2.05) is 37.3 Å². The number of rotatable bonds is 7. The molecule has 4 rings (SSSR count). The normalized spacial score (nSPS) is 16.9. The van der Waals surface area contributed by atoms with Crippen molar-refractivity contribution in [1.82, 2.24) is 9.47 Å². The van der Waals surface area contributed by atoms with Crippen LogP contribution in [0.3, 0.4) is 0 Å². The maximum atomic E-state index is 13.3. The topological polar surface area (TPSA) is 78.6 Å². The molecule has 1 aromatic carbocycles. The molecule has 35 heavy (non-hydrogen) atoms. The van der Waals surface area contributed by atoms with Crippen LogP contribution in [0, 0.1) is 18.3 Å². The minimum Gasteiger partial charge on any atom is -0.497 e. The third kappa shape index (κ3) is 4.86. The molecule has 2 aromatic rings. The predicted molar refractivity (Wildman–Crippen MR) is 144 cm³/mol. The molecule has 2 fully saturated rings. The summed E-state index contributed by atoms with van der Waals surface area (Å²) in [4.78, 5) is 30.7. The molecule has 9 heteroatoms. The van der Waals surface area contributed by atoms with Crippen LogP contribution < -0.4 is 15.2 Å². The second-order valence-corrected chi connectivity index (χ2v) is 10.2. The van der Waals surface area contributed by atoms with Crippen LogP contribution in [0.25, 0.3) is 6.08 Å². The van der Waals surface area contributed by atoms with E-state index in [0.29, 0.717) is 34.3 Å². The van der Waals surface area contributed by atoms with Gasteiger partial charge in [0.2, 0.25) is 0 Å². The summed E-state index contributed by atoms with van der Waals surface area (Å²) in [6.45, 7) is 6.30. The first-order chi connectivity index (χ1) is 16.9. The van der Waals surface area contributed by atoms with E-state index in [-0.39, 0.29) is 17.0 Å². The number of nitriles is 1. The molecule has 7 nitrogen and oxygen atoms in total. The van der Waals surface area contributed by atoms with Crippen LogP contribution in [0.15, 0.2) is 34.0 Å². The fourth-order valence-corrected chi connectivity index (χ4v) is 5.85. The highest BCUT2D eigenvalue weighted by Gasteiger charge is 2.33. The molecule has 182 valence electrons. The number of anilines is 1. The SMILES string of the molecule is CCn1c(N2CCCC2)c(/C=C2\SC(=S)N(CCc3ccc(OC)cc3)C2=O)c(C)c(C#N)c1=O. The van der Waals surface area contributed by atoms with E-state index in [4.69, 9.17) is 17.0 Å². The molecule has 2 aliphatic rings. The van der Waals surface area contributed by atoms with Gasteiger partial charge >= 0.3 is 0 Å². The fraction of sp³-hybridized carbons (Fsp3) is 0.385. The van der Waals surface area contributed by atoms with Gasteiger partial charge in [-0.05, 0) is 62.4 Å². The van der Waals surface area contributed by atoms with Crippen LogP contribution in [0.4, 0.5) is 5.82 Å². The number of aromatic nitrogens is 1. The Morgan fingerprint density at radius 2 is 1.89 bits per heavy atom. The third-order valence-electron chi connectivity index (χ3n) is 6.50. The van der Waals surface area contributed by atoms with Crippen LogP contribution >= 0.6 is 24.0 Å². The Hall–Kier alpha value is -3.09. The molecule has 0 bridgehead atoms. The first-order valence-electron chi connectivity index (χ1n) is 11.7. The fourth-order valence-electron chi connectivity index (χ4n) is 4.56. The standard InChI is InChI=1S/C26H28N4O3S2/c1-4-29-23(28-12-5-6-13-28)20(17(2)21(16-27)24(29)31)15-22-25(32)30(26(34)35-22)14-11-18-7-9-19(33-3)10-8-18/h7-10,15H,4-6,11-14H2,1-3H3/b22-15-. The van der Waals surface area contributed by atoms with E-state index >= 15 is 0 Å². The van der Waals surface area contributed by atoms with E-state index < -0.39 is 0 Å². The highest BCUT2D eigenvalue weighted by molar-refractivity contribution is 8.26. The van der Waals surface area contributed by atoms with Crippen molar-refractivity contribution in [2.75, 3.05) is 31.6 Å². The number of hydrogen-bond donors (Lipinski definition) is 0. The van der Waals surface area contributed by atoms with Crippen molar-refractivity contribution in [3.05, 3.63) is 61.8 Å². The summed E-state index contributed by atoms with van der Waals surface area (Å²) in [5.41, 5.74) is 2.28. The number of ether oxygens (including phenoxy) is 1. The number of thiocarbonyl (C=S) groups is 1. The zero-order chi connectivity index (χ0) is 25.1. The maximum Gasteiger partial charge on any atom is 0.270 e. The molecule has 0 aliphatic carbocycles. The largest absolute Gasteiger partial charge is 0.497 e. The van der Waals surface area contributed by atoms with Crippen molar-refractivity contribution in [3.8, 4) is 11.8 Å². The van der Waals surface area contributed by atoms with Gasteiger partial charge in [0, 0.05) is 31.7 Å². The van der Waals surface area contributed by atoms with Gasteiger partial charge in [0.15, 0.2) is 0 Å². The van der Waals surface area contributed by atoms with Crippen LogP contribution in [0.2, 0.25) is 0 Å². The second-order valence-electron chi connectivity index (χ2n) is 8.52. The van der Waals surface area contributed by atoms with Gasteiger partial charge in [0.1, 0.15) is 27.5 Å². The highest BCUT2D eigenvalue weighted by atomic mass is 32.2. The van der Waals surface area contributed by atoms with Gasteiger partial charge in [0.05, 0.1) is 12.0 Å². The molecule has 2 saturated heterocycles. The number of hydrogen-bond acceptors (Lipinski definition) is 7. The monoisotopic (exact) mass is 508 g/mol. The van der Waals surface area contributed by atoms with Crippen LogP contribution in [0.5, 0.6) is 5.75 Å². The molecule has 1 amide bonds. The smallest absolute Gasteiger partial charge is 0.270 e. The zero-order valence-electron chi connectivity index (χ0n) is 20.2. The lowest BCUT2D eigenvalue weighted by atomic mass is 10.0. The van der Waals surface area contributed by atoms with Crippen molar-refractivity contribution < 1.29 is 9.53 Å². The lowest BCUT2D eigenvalue weighted by molar-refractivity contribution is -0.122. The molecule has 1 aromatic heterocycles. The Bertz CT molecular complexity index is 1290. The van der Waals surface area contributed by atoms with E-state index in [0.717, 1.165) is 48.6 Å². The number of carbonyl (C=O) groups excluding carboxylic acids is 1. The average Bonchev–Trinajstić information content (AvgIpc) is 3.48. The summed E-state index contributed by atoms with van der Waals surface area (Å²) in [5, 5.41) is 9.70. The minimum atomic E-state index is -0.279. The minimum absolute atomic E-state index is 0.121. The summed E-state index contributed by atoms with van der Waals surface area (Å²) in [6, 6.07) is 9.84. The molecule has 0 saturated carbocycles. The highest BCUT2D eigenvalue weighted by Crippen LogP contribution is 2.36. The van der Waals surface area contributed by atoms with Crippen molar-refractivity contribution in [3.63, 3.8) is 0 Å². The number of carbonyl (C=O) groups is 1. The summed E-state index contributed by atoms with van der Waals surface area (Å²) in [5.74, 6) is 1.43. The first kappa shape index (κ1) is 25.0. The Morgan fingerprint density at radius 3 is 2.49 bits per heavy atom. The van der Waals surface area contributed by atoms with E-state index in [9.17, 15) is 14.9 Å². The van der Waals surface area contributed by atoms with Gasteiger partial charge in [0.25, 0.3) is 11.5 Å². The maximum absolute atomic E-state index is 13.3.